The first-order valence-electron chi connectivity index (χ1n) is 7.75. The Morgan fingerprint density at radius 1 is 1.04 bits per heavy atom. The van der Waals surface area contributed by atoms with Gasteiger partial charge in [-0.2, -0.15) is 0 Å². The molecule has 2 heterocycles. The van der Waals surface area contributed by atoms with E-state index in [0.717, 1.165) is 16.6 Å². The molecular formula is C19H15N3O3. The van der Waals surface area contributed by atoms with E-state index in [2.05, 4.69) is 9.97 Å². The van der Waals surface area contributed by atoms with E-state index in [1.807, 2.05) is 66.2 Å². The standard InChI is InChI=1S/C19H15N3O3/c1-22-14-11-7-6-10-13(14)20-17(22)16-15(19(23)24-2)21-18(25-16)12-8-4-3-5-9-12/h3-11H,1-2H3. The zero-order chi connectivity index (χ0) is 17.4. The number of carbonyl (C=O) groups is 1. The van der Waals surface area contributed by atoms with Gasteiger partial charge in [-0.05, 0) is 24.3 Å². The number of rotatable bonds is 3. The Labute approximate surface area is 143 Å². The van der Waals surface area contributed by atoms with Crippen molar-refractivity contribution in [2.75, 3.05) is 7.11 Å². The Balaban J connectivity index is 1.94. The Hall–Kier alpha value is -3.41. The summed E-state index contributed by atoms with van der Waals surface area (Å²) in [6.45, 7) is 0. The average molecular weight is 333 g/mol. The summed E-state index contributed by atoms with van der Waals surface area (Å²) in [7, 11) is 3.19. The van der Waals surface area contributed by atoms with Gasteiger partial charge in [0.05, 0.1) is 18.1 Å². The number of nitrogens with zero attached hydrogens (tertiary/aromatic N) is 3. The van der Waals surface area contributed by atoms with Gasteiger partial charge in [-0.3, -0.25) is 0 Å². The smallest absolute Gasteiger partial charge is 0.360 e. The molecule has 2 aromatic carbocycles. The summed E-state index contributed by atoms with van der Waals surface area (Å²) in [4.78, 5) is 21.1. The lowest BCUT2D eigenvalue weighted by Crippen LogP contribution is -2.05. The van der Waals surface area contributed by atoms with Crippen LogP contribution in [0.5, 0.6) is 0 Å². The van der Waals surface area contributed by atoms with E-state index in [9.17, 15) is 4.79 Å². The average Bonchev–Trinajstić information content (AvgIpc) is 3.24. The van der Waals surface area contributed by atoms with E-state index >= 15 is 0 Å². The van der Waals surface area contributed by atoms with Crippen molar-refractivity contribution < 1.29 is 13.9 Å². The van der Waals surface area contributed by atoms with Crippen LogP contribution >= 0.6 is 0 Å². The SMILES string of the molecule is COC(=O)c1nc(-c2ccccc2)oc1-c1nc2ccccc2n1C. The summed E-state index contributed by atoms with van der Waals surface area (Å²) in [5, 5.41) is 0. The Bertz CT molecular complexity index is 1060. The summed E-state index contributed by atoms with van der Waals surface area (Å²) >= 11 is 0. The molecule has 0 saturated heterocycles. The highest BCUT2D eigenvalue weighted by Crippen LogP contribution is 2.31. The van der Waals surface area contributed by atoms with E-state index < -0.39 is 5.97 Å². The molecule has 2 aromatic heterocycles. The van der Waals surface area contributed by atoms with Crippen molar-refractivity contribution in [2.24, 2.45) is 7.05 Å². The number of para-hydroxylation sites is 2. The highest BCUT2D eigenvalue weighted by molar-refractivity contribution is 5.94. The van der Waals surface area contributed by atoms with Gasteiger partial charge in [-0.15, -0.1) is 0 Å². The molecule has 4 rings (SSSR count). The minimum Gasteiger partial charge on any atom is -0.464 e. The quantitative estimate of drug-likeness (QED) is 0.535. The number of imidazole rings is 1. The Kier molecular flexibility index (Phi) is 3.57. The molecule has 0 fully saturated rings. The Morgan fingerprint density at radius 3 is 2.48 bits per heavy atom. The van der Waals surface area contributed by atoms with E-state index in [4.69, 9.17) is 9.15 Å². The van der Waals surface area contributed by atoms with Gasteiger partial charge in [-0.25, -0.2) is 14.8 Å². The highest BCUT2D eigenvalue weighted by Gasteiger charge is 2.26. The van der Waals surface area contributed by atoms with Crippen molar-refractivity contribution in [3.63, 3.8) is 0 Å². The van der Waals surface area contributed by atoms with Crippen LogP contribution in [-0.4, -0.2) is 27.6 Å². The summed E-state index contributed by atoms with van der Waals surface area (Å²) < 4.78 is 12.7. The van der Waals surface area contributed by atoms with Gasteiger partial charge in [0, 0.05) is 12.6 Å². The van der Waals surface area contributed by atoms with Crippen LogP contribution in [0, 0.1) is 0 Å². The second-order valence-electron chi connectivity index (χ2n) is 5.54. The molecule has 4 aromatic rings. The van der Waals surface area contributed by atoms with Crippen molar-refractivity contribution in [1.29, 1.82) is 0 Å². The lowest BCUT2D eigenvalue weighted by molar-refractivity contribution is 0.0595. The molecular weight excluding hydrogens is 318 g/mol. The van der Waals surface area contributed by atoms with Gasteiger partial charge < -0.3 is 13.7 Å². The van der Waals surface area contributed by atoms with Crippen LogP contribution in [0.3, 0.4) is 0 Å². The topological polar surface area (TPSA) is 70.2 Å². The maximum atomic E-state index is 12.2. The number of carbonyl (C=O) groups excluding carboxylic acids is 1. The number of methoxy groups -OCH3 is 1. The van der Waals surface area contributed by atoms with Gasteiger partial charge in [-0.1, -0.05) is 30.3 Å². The molecule has 0 unspecified atom stereocenters. The minimum atomic E-state index is -0.562. The maximum Gasteiger partial charge on any atom is 0.360 e. The highest BCUT2D eigenvalue weighted by atomic mass is 16.5. The first kappa shape index (κ1) is 15.1. The van der Waals surface area contributed by atoms with Crippen LogP contribution < -0.4 is 0 Å². The van der Waals surface area contributed by atoms with E-state index in [1.165, 1.54) is 7.11 Å². The normalized spacial score (nSPS) is 11.0. The molecule has 0 spiro atoms. The molecule has 0 aliphatic carbocycles. The van der Waals surface area contributed by atoms with Crippen molar-refractivity contribution in [2.45, 2.75) is 0 Å². The molecule has 124 valence electrons. The number of benzene rings is 2. The molecule has 25 heavy (non-hydrogen) atoms. The molecule has 0 aliphatic heterocycles. The number of aryl methyl sites for hydroxylation is 1. The monoisotopic (exact) mass is 333 g/mol. The van der Waals surface area contributed by atoms with Crippen LogP contribution in [0.15, 0.2) is 59.0 Å². The summed E-state index contributed by atoms with van der Waals surface area (Å²) in [6, 6.07) is 17.1. The van der Waals surface area contributed by atoms with Gasteiger partial charge in [0.1, 0.15) is 0 Å². The number of hydrogen-bond donors (Lipinski definition) is 0. The Morgan fingerprint density at radius 2 is 1.76 bits per heavy atom. The molecule has 0 radical (unpaired) electrons. The number of ether oxygens (including phenoxy) is 1. The van der Waals surface area contributed by atoms with Crippen LogP contribution in [-0.2, 0) is 11.8 Å². The van der Waals surface area contributed by atoms with Crippen molar-refractivity contribution in [1.82, 2.24) is 14.5 Å². The largest absolute Gasteiger partial charge is 0.464 e. The molecule has 6 nitrogen and oxygen atoms in total. The van der Waals surface area contributed by atoms with Crippen molar-refractivity contribution >= 4 is 17.0 Å². The molecule has 6 heteroatoms. The fourth-order valence-corrected chi connectivity index (χ4v) is 2.76. The number of esters is 1. The third-order valence-corrected chi connectivity index (χ3v) is 4.02. The number of hydrogen-bond acceptors (Lipinski definition) is 5. The second kappa shape index (κ2) is 5.90. The first-order chi connectivity index (χ1) is 12.2. The third-order valence-electron chi connectivity index (χ3n) is 4.02. The van der Waals surface area contributed by atoms with Crippen molar-refractivity contribution in [3.8, 4) is 23.0 Å². The number of aromatic nitrogens is 3. The van der Waals surface area contributed by atoms with E-state index in [1.54, 1.807) is 0 Å². The molecule has 0 atom stereocenters. The lowest BCUT2D eigenvalue weighted by Gasteiger charge is -2.00. The predicted molar refractivity (Wildman–Crippen MR) is 93.0 cm³/mol. The lowest BCUT2D eigenvalue weighted by atomic mass is 10.2. The van der Waals surface area contributed by atoms with Gasteiger partial charge in [0.25, 0.3) is 0 Å². The fourth-order valence-electron chi connectivity index (χ4n) is 2.76. The number of oxazole rings is 1. The van der Waals surface area contributed by atoms with Crippen molar-refractivity contribution in [3.05, 3.63) is 60.3 Å². The maximum absolute atomic E-state index is 12.2. The molecule has 0 bridgehead atoms. The fraction of sp³-hybridized carbons (Fsp3) is 0.105. The zero-order valence-electron chi connectivity index (χ0n) is 13.8. The van der Waals surface area contributed by atoms with Gasteiger partial charge in [0.2, 0.25) is 11.7 Å². The zero-order valence-corrected chi connectivity index (χ0v) is 13.8. The molecule has 0 amide bonds. The van der Waals surface area contributed by atoms with Gasteiger partial charge >= 0.3 is 5.97 Å². The predicted octanol–water partition coefficient (Wildman–Crippen LogP) is 3.68. The second-order valence-corrected chi connectivity index (χ2v) is 5.54. The minimum absolute atomic E-state index is 0.111. The molecule has 0 saturated carbocycles. The van der Waals surface area contributed by atoms with E-state index in [0.29, 0.717) is 17.5 Å². The van der Waals surface area contributed by atoms with E-state index in [-0.39, 0.29) is 5.69 Å². The summed E-state index contributed by atoms with van der Waals surface area (Å²) in [5.74, 6) is 0.608. The van der Waals surface area contributed by atoms with Crippen LogP contribution in [0.25, 0.3) is 34.1 Å². The summed E-state index contributed by atoms with van der Waals surface area (Å²) in [5.41, 5.74) is 2.64. The first-order valence-corrected chi connectivity index (χ1v) is 7.75. The van der Waals surface area contributed by atoms with Crippen LogP contribution in [0.1, 0.15) is 10.5 Å². The molecule has 0 aliphatic rings. The summed E-state index contributed by atoms with van der Waals surface area (Å²) in [6.07, 6.45) is 0. The van der Waals surface area contributed by atoms with Crippen LogP contribution in [0.4, 0.5) is 0 Å². The van der Waals surface area contributed by atoms with Crippen LogP contribution in [0.2, 0.25) is 0 Å². The number of fused-ring (bicyclic) bond motifs is 1. The van der Waals surface area contributed by atoms with Gasteiger partial charge in [0.15, 0.2) is 11.5 Å². The molecule has 0 N–H and O–H groups in total. The third kappa shape index (κ3) is 2.48.